The van der Waals surface area contributed by atoms with Gasteiger partial charge in [-0.25, -0.2) is 0 Å². The summed E-state index contributed by atoms with van der Waals surface area (Å²) in [5, 5.41) is 0. The second kappa shape index (κ2) is 3.77. The fourth-order valence-electron chi connectivity index (χ4n) is 1.06. The van der Waals surface area contributed by atoms with Crippen molar-refractivity contribution in [3.05, 3.63) is 28.2 Å². The van der Waals surface area contributed by atoms with Gasteiger partial charge in [0.1, 0.15) is 0 Å². The van der Waals surface area contributed by atoms with Crippen LogP contribution < -0.4 is 5.73 Å². The minimum absolute atomic E-state index is 0.898. The number of hydrogen-bond donors (Lipinski definition) is 1. The largest absolute Gasteiger partial charge is 0.399 e. The fraction of sp³-hybridized carbons (Fsp3) is 0.333. The summed E-state index contributed by atoms with van der Waals surface area (Å²) in [6.45, 7) is 2.15. The summed E-state index contributed by atoms with van der Waals surface area (Å²) in [6.07, 6.45) is 2.20. The SMILES string of the molecule is CCCc1cc(Br)ccc1N. The molecule has 0 heterocycles. The Labute approximate surface area is 75.7 Å². The molecule has 2 heteroatoms. The zero-order valence-corrected chi connectivity index (χ0v) is 8.19. The third-order valence-corrected chi connectivity index (χ3v) is 2.12. The normalized spacial score (nSPS) is 10.0. The van der Waals surface area contributed by atoms with Crippen LogP contribution in [0.1, 0.15) is 18.9 Å². The standard InChI is InChI=1S/C9H12BrN/c1-2-3-7-6-8(10)4-5-9(7)11/h4-6H,2-3,11H2,1H3. The summed E-state index contributed by atoms with van der Waals surface area (Å²) >= 11 is 3.41. The average Bonchev–Trinajstić information content (AvgIpc) is 1.98. The van der Waals surface area contributed by atoms with Gasteiger partial charge in [-0.05, 0) is 30.2 Å². The van der Waals surface area contributed by atoms with E-state index in [0.29, 0.717) is 0 Å². The summed E-state index contributed by atoms with van der Waals surface area (Å²) in [5.41, 5.74) is 7.89. The molecule has 0 atom stereocenters. The Bertz CT molecular complexity index is 245. The molecule has 0 aliphatic heterocycles. The van der Waals surface area contributed by atoms with Gasteiger partial charge in [0.25, 0.3) is 0 Å². The van der Waals surface area contributed by atoms with E-state index in [2.05, 4.69) is 28.9 Å². The second-order valence-corrected chi connectivity index (χ2v) is 3.51. The van der Waals surface area contributed by atoms with E-state index < -0.39 is 0 Å². The summed E-state index contributed by atoms with van der Waals surface area (Å²) in [5.74, 6) is 0. The lowest BCUT2D eigenvalue weighted by Gasteiger charge is -2.03. The Morgan fingerprint density at radius 1 is 1.45 bits per heavy atom. The maximum Gasteiger partial charge on any atom is 0.0347 e. The molecule has 1 rings (SSSR count). The highest BCUT2D eigenvalue weighted by Gasteiger charge is 1.97. The summed E-state index contributed by atoms with van der Waals surface area (Å²) < 4.78 is 1.11. The van der Waals surface area contributed by atoms with Crippen molar-refractivity contribution in [1.29, 1.82) is 0 Å². The van der Waals surface area contributed by atoms with E-state index >= 15 is 0 Å². The zero-order valence-electron chi connectivity index (χ0n) is 6.60. The van der Waals surface area contributed by atoms with Crippen molar-refractivity contribution in [2.75, 3.05) is 5.73 Å². The Morgan fingerprint density at radius 3 is 2.82 bits per heavy atom. The minimum Gasteiger partial charge on any atom is -0.399 e. The predicted molar refractivity (Wildman–Crippen MR) is 52.5 cm³/mol. The molecule has 1 aromatic rings. The third-order valence-electron chi connectivity index (χ3n) is 1.62. The van der Waals surface area contributed by atoms with Gasteiger partial charge in [0.15, 0.2) is 0 Å². The first-order chi connectivity index (χ1) is 5.24. The van der Waals surface area contributed by atoms with Gasteiger partial charge in [0, 0.05) is 10.2 Å². The predicted octanol–water partition coefficient (Wildman–Crippen LogP) is 2.98. The van der Waals surface area contributed by atoms with Crippen LogP contribution >= 0.6 is 15.9 Å². The Hall–Kier alpha value is -0.500. The van der Waals surface area contributed by atoms with Crippen LogP contribution in [0.3, 0.4) is 0 Å². The molecular formula is C9H12BrN. The summed E-state index contributed by atoms with van der Waals surface area (Å²) in [6, 6.07) is 5.99. The molecule has 0 aliphatic carbocycles. The first-order valence-corrected chi connectivity index (χ1v) is 4.57. The van der Waals surface area contributed by atoms with Crippen molar-refractivity contribution < 1.29 is 0 Å². The molecule has 0 amide bonds. The van der Waals surface area contributed by atoms with Crippen LogP contribution in [-0.4, -0.2) is 0 Å². The second-order valence-electron chi connectivity index (χ2n) is 2.59. The number of rotatable bonds is 2. The summed E-state index contributed by atoms with van der Waals surface area (Å²) in [7, 11) is 0. The van der Waals surface area contributed by atoms with E-state index in [9.17, 15) is 0 Å². The monoisotopic (exact) mass is 213 g/mol. The Balaban J connectivity index is 2.93. The molecule has 0 aromatic heterocycles. The van der Waals surface area contributed by atoms with Crippen LogP contribution in [0.4, 0.5) is 5.69 Å². The van der Waals surface area contributed by atoms with E-state index in [1.54, 1.807) is 0 Å². The van der Waals surface area contributed by atoms with Crippen LogP contribution in [0.25, 0.3) is 0 Å². The molecule has 0 radical (unpaired) electrons. The summed E-state index contributed by atoms with van der Waals surface area (Å²) in [4.78, 5) is 0. The molecule has 0 unspecified atom stereocenters. The topological polar surface area (TPSA) is 26.0 Å². The highest BCUT2D eigenvalue weighted by Crippen LogP contribution is 2.19. The molecule has 0 saturated heterocycles. The van der Waals surface area contributed by atoms with Gasteiger partial charge in [-0.2, -0.15) is 0 Å². The van der Waals surface area contributed by atoms with E-state index in [1.165, 1.54) is 5.56 Å². The van der Waals surface area contributed by atoms with Gasteiger partial charge >= 0.3 is 0 Å². The molecule has 2 N–H and O–H groups in total. The number of benzene rings is 1. The van der Waals surface area contributed by atoms with Crippen LogP contribution in [-0.2, 0) is 6.42 Å². The molecule has 11 heavy (non-hydrogen) atoms. The van der Waals surface area contributed by atoms with E-state index in [1.807, 2.05) is 12.1 Å². The molecule has 0 saturated carbocycles. The number of nitrogen functional groups attached to an aromatic ring is 1. The van der Waals surface area contributed by atoms with Crippen LogP contribution in [0.15, 0.2) is 22.7 Å². The van der Waals surface area contributed by atoms with Crippen molar-refractivity contribution in [2.24, 2.45) is 0 Å². The van der Waals surface area contributed by atoms with Gasteiger partial charge in [0.05, 0.1) is 0 Å². The first-order valence-electron chi connectivity index (χ1n) is 3.78. The first kappa shape index (κ1) is 8.60. The van der Waals surface area contributed by atoms with Crippen molar-refractivity contribution >= 4 is 21.6 Å². The third kappa shape index (κ3) is 2.22. The lowest BCUT2D eigenvalue weighted by atomic mass is 10.1. The number of anilines is 1. The van der Waals surface area contributed by atoms with Gasteiger partial charge in [-0.3, -0.25) is 0 Å². The van der Waals surface area contributed by atoms with Crippen LogP contribution in [0.2, 0.25) is 0 Å². The number of nitrogens with two attached hydrogens (primary N) is 1. The lowest BCUT2D eigenvalue weighted by Crippen LogP contribution is -1.93. The van der Waals surface area contributed by atoms with Gasteiger partial charge < -0.3 is 5.73 Å². The Morgan fingerprint density at radius 2 is 2.18 bits per heavy atom. The molecule has 0 spiro atoms. The number of aryl methyl sites for hydroxylation is 1. The highest BCUT2D eigenvalue weighted by molar-refractivity contribution is 9.10. The van der Waals surface area contributed by atoms with Crippen molar-refractivity contribution in [3.8, 4) is 0 Å². The fourth-order valence-corrected chi connectivity index (χ4v) is 1.47. The van der Waals surface area contributed by atoms with Gasteiger partial charge in [-0.1, -0.05) is 29.3 Å². The van der Waals surface area contributed by atoms with Crippen molar-refractivity contribution in [3.63, 3.8) is 0 Å². The quantitative estimate of drug-likeness (QED) is 0.752. The number of halogens is 1. The molecule has 0 fully saturated rings. The maximum absolute atomic E-state index is 5.75. The Kier molecular flexibility index (Phi) is 2.94. The van der Waals surface area contributed by atoms with Crippen molar-refractivity contribution in [1.82, 2.24) is 0 Å². The molecule has 0 aliphatic rings. The molecule has 60 valence electrons. The molecule has 0 bridgehead atoms. The lowest BCUT2D eigenvalue weighted by molar-refractivity contribution is 0.923. The van der Waals surface area contributed by atoms with Crippen molar-refractivity contribution in [2.45, 2.75) is 19.8 Å². The molecule has 1 aromatic carbocycles. The maximum atomic E-state index is 5.75. The molecule has 1 nitrogen and oxygen atoms in total. The van der Waals surface area contributed by atoms with E-state index in [-0.39, 0.29) is 0 Å². The van der Waals surface area contributed by atoms with E-state index in [0.717, 1.165) is 23.0 Å². The minimum atomic E-state index is 0.898. The average molecular weight is 214 g/mol. The van der Waals surface area contributed by atoms with Crippen LogP contribution in [0, 0.1) is 0 Å². The molecular weight excluding hydrogens is 202 g/mol. The highest BCUT2D eigenvalue weighted by atomic mass is 79.9. The van der Waals surface area contributed by atoms with E-state index in [4.69, 9.17) is 5.73 Å². The van der Waals surface area contributed by atoms with Gasteiger partial charge in [0.2, 0.25) is 0 Å². The van der Waals surface area contributed by atoms with Crippen LogP contribution in [0.5, 0.6) is 0 Å². The van der Waals surface area contributed by atoms with Gasteiger partial charge in [-0.15, -0.1) is 0 Å². The smallest absolute Gasteiger partial charge is 0.0347 e. The number of hydrogen-bond acceptors (Lipinski definition) is 1. The zero-order chi connectivity index (χ0) is 8.27.